The normalized spacial score (nSPS) is 11.5. The molecule has 0 aliphatic carbocycles. The van der Waals surface area contributed by atoms with E-state index in [1.807, 2.05) is 32.9 Å². The summed E-state index contributed by atoms with van der Waals surface area (Å²) in [6, 6.07) is 5.25. The number of rotatable bonds is 5. The van der Waals surface area contributed by atoms with Gasteiger partial charge in [-0.1, -0.05) is 19.9 Å². The average molecular weight is 314 g/mol. The predicted molar refractivity (Wildman–Crippen MR) is 88.8 cm³/mol. The van der Waals surface area contributed by atoms with Crippen LogP contribution in [0.3, 0.4) is 0 Å². The highest BCUT2D eigenvalue weighted by atomic mass is 35.5. The third kappa shape index (κ3) is 6.60. The number of nitrogens with two attached hydrogens (primary N) is 1. The molecule has 0 aliphatic heterocycles. The van der Waals surface area contributed by atoms with Crippen LogP contribution in [0.4, 0.5) is 11.4 Å². The van der Waals surface area contributed by atoms with Crippen LogP contribution < -0.4 is 16.4 Å². The first kappa shape index (κ1) is 19.4. The molecule has 21 heavy (non-hydrogen) atoms. The van der Waals surface area contributed by atoms with Gasteiger partial charge in [0.2, 0.25) is 11.8 Å². The lowest BCUT2D eigenvalue weighted by Crippen LogP contribution is -2.24. The number of benzene rings is 1. The van der Waals surface area contributed by atoms with Crippen molar-refractivity contribution in [2.24, 2.45) is 11.7 Å². The molecule has 4 N–H and O–H groups in total. The number of amides is 2. The predicted octanol–water partition coefficient (Wildman–Crippen LogP) is 2.69. The van der Waals surface area contributed by atoms with Gasteiger partial charge in [0.25, 0.3) is 0 Å². The summed E-state index contributed by atoms with van der Waals surface area (Å²) in [7, 11) is 0. The van der Waals surface area contributed by atoms with E-state index in [0.717, 1.165) is 5.56 Å². The number of carbonyl (C=O) groups is 2. The van der Waals surface area contributed by atoms with Crippen molar-refractivity contribution in [1.29, 1.82) is 0 Å². The maximum absolute atomic E-state index is 11.7. The topological polar surface area (TPSA) is 84.2 Å². The van der Waals surface area contributed by atoms with E-state index in [-0.39, 0.29) is 42.6 Å². The van der Waals surface area contributed by atoms with Gasteiger partial charge in [-0.15, -0.1) is 12.4 Å². The lowest BCUT2D eigenvalue weighted by molar-refractivity contribution is -0.119. The quantitative estimate of drug-likeness (QED) is 0.781. The standard InChI is InChI=1S/C15H23N3O2.ClH/c1-9(2)15(20)17-12-6-5-10(3)13(8-12)18-14(19)7-11(4)16;/h5-6,8-9,11H,7,16H2,1-4H3,(H,17,20)(H,18,19);1H. The van der Waals surface area contributed by atoms with Gasteiger partial charge in [-0.05, 0) is 31.5 Å². The minimum atomic E-state index is -0.181. The van der Waals surface area contributed by atoms with Crippen LogP contribution in [0.25, 0.3) is 0 Å². The van der Waals surface area contributed by atoms with Gasteiger partial charge >= 0.3 is 0 Å². The Balaban J connectivity index is 0.00000400. The molecule has 2 amide bonds. The van der Waals surface area contributed by atoms with Crippen LogP contribution in [-0.2, 0) is 9.59 Å². The third-order valence-corrected chi connectivity index (χ3v) is 2.81. The van der Waals surface area contributed by atoms with E-state index in [2.05, 4.69) is 10.6 Å². The highest BCUT2D eigenvalue weighted by Gasteiger charge is 2.10. The number of hydrogen-bond donors (Lipinski definition) is 3. The molecule has 0 bridgehead atoms. The van der Waals surface area contributed by atoms with Crippen LogP contribution in [0.1, 0.15) is 32.8 Å². The summed E-state index contributed by atoms with van der Waals surface area (Å²) in [6.07, 6.45) is 0.266. The monoisotopic (exact) mass is 313 g/mol. The highest BCUT2D eigenvalue weighted by molar-refractivity contribution is 5.95. The van der Waals surface area contributed by atoms with Crippen molar-refractivity contribution >= 4 is 35.6 Å². The Morgan fingerprint density at radius 2 is 1.81 bits per heavy atom. The summed E-state index contributed by atoms with van der Waals surface area (Å²) in [5, 5.41) is 5.62. The van der Waals surface area contributed by atoms with Crippen LogP contribution in [-0.4, -0.2) is 17.9 Å². The summed E-state index contributed by atoms with van der Waals surface area (Å²) >= 11 is 0. The Bertz CT molecular complexity index is 502. The molecule has 6 heteroatoms. The number of anilines is 2. The Labute approximate surface area is 132 Å². The van der Waals surface area contributed by atoms with E-state index in [1.54, 1.807) is 13.0 Å². The van der Waals surface area contributed by atoms with Crippen LogP contribution in [0.2, 0.25) is 0 Å². The fourth-order valence-corrected chi connectivity index (χ4v) is 1.61. The minimum absolute atomic E-state index is 0. The zero-order valence-electron chi connectivity index (χ0n) is 12.9. The molecule has 0 fully saturated rings. The van der Waals surface area contributed by atoms with Crippen molar-refractivity contribution in [3.05, 3.63) is 23.8 Å². The zero-order valence-corrected chi connectivity index (χ0v) is 13.7. The summed E-state index contributed by atoms with van der Waals surface area (Å²) in [6.45, 7) is 7.34. The van der Waals surface area contributed by atoms with E-state index >= 15 is 0 Å². The number of carbonyl (C=O) groups excluding carboxylic acids is 2. The van der Waals surface area contributed by atoms with Crippen molar-refractivity contribution in [2.75, 3.05) is 10.6 Å². The minimum Gasteiger partial charge on any atom is -0.327 e. The van der Waals surface area contributed by atoms with Gasteiger partial charge in [-0.3, -0.25) is 9.59 Å². The Hall–Kier alpha value is -1.59. The van der Waals surface area contributed by atoms with Gasteiger partial charge in [-0.25, -0.2) is 0 Å². The summed E-state index contributed by atoms with van der Waals surface area (Å²) < 4.78 is 0. The average Bonchev–Trinajstić information content (AvgIpc) is 2.32. The molecule has 1 aromatic carbocycles. The van der Waals surface area contributed by atoms with Crippen LogP contribution in [0, 0.1) is 12.8 Å². The molecule has 1 aromatic rings. The van der Waals surface area contributed by atoms with Crippen LogP contribution >= 0.6 is 12.4 Å². The highest BCUT2D eigenvalue weighted by Crippen LogP contribution is 2.21. The fraction of sp³-hybridized carbons (Fsp3) is 0.467. The van der Waals surface area contributed by atoms with E-state index in [4.69, 9.17) is 5.73 Å². The smallest absolute Gasteiger partial charge is 0.226 e. The molecule has 0 radical (unpaired) electrons. The van der Waals surface area contributed by atoms with E-state index in [9.17, 15) is 9.59 Å². The molecule has 118 valence electrons. The molecule has 1 atom stereocenters. The summed E-state index contributed by atoms with van der Waals surface area (Å²) in [5.74, 6) is -0.274. The van der Waals surface area contributed by atoms with Gasteiger partial charge in [0, 0.05) is 29.8 Å². The maximum Gasteiger partial charge on any atom is 0.226 e. The van der Waals surface area contributed by atoms with Crippen LogP contribution in [0.5, 0.6) is 0 Å². The molecule has 0 aliphatic rings. The molecule has 1 rings (SSSR count). The molecule has 0 saturated carbocycles. The SMILES string of the molecule is Cc1ccc(NC(=O)C(C)C)cc1NC(=O)CC(C)N.Cl. The fourth-order valence-electron chi connectivity index (χ4n) is 1.61. The van der Waals surface area contributed by atoms with E-state index in [1.165, 1.54) is 0 Å². The van der Waals surface area contributed by atoms with Gasteiger partial charge in [0.1, 0.15) is 0 Å². The van der Waals surface area contributed by atoms with Crippen molar-refractivity contribution in [1.82, 2.24) is 0 Å². The Kier molecular flexibility index (Phi) is 7.99. The lowest BCUT2D eigenvalue weighted by Gasteiger charge is -2.13. The number of nitrogens with one attached hydrogen (secondary N) is 2. The van der Waals surface area contributed by atoms with E-state index < -0.39 is 0 Å². The van der Waals surface area contributed by atoms with Gasteiger partial charge in [-0.2, -0.15) is 0 Å². The molecule has 0 saturated heterocycles. The Morgan fingerprint density at radius 1 is 1.19 bits per heavy atom. The maximum atomic E-state index is 11.7. The molecule has 0 spiro atoms. The van der Waals surface area contributed by atoms with Gasteiger partial charge in [0.05, 0.1) is 0 Å². The van der Waals surface area contributed by atoms with Crippen molar-refractivity contribution < 1.29 is 9.59 Å². The number of aryl methyl sites for hydroxylation is 1. The molecule has 0 heterocycles. The second kappa shape index (κ2) is 8.64. The second-order valence-corrected chi connectivity index (χ2v) is 5.40. The molecule has 1 unspecified atom stereocenters. The third-order valence-electron chi connectivity index (χ3n) is 2.81. The molecular formula is C15H24ClN3O2. The van der Waals surface area contributed by atoms with Crippen LogP contribution in [0.15, 0.2) is 18.2 Å². The molecule has 5 nitrogen and oxygen atoms in total. The molecule has 0 aromatic heterocycles. The Morgan fingerprint density at radius 3 is 2.33 bits per heavy atom. The van der Waals surface area contributed by atoms with Gasteiger partial charge < -0.3 is 16.4 Å². The summed E-state index contributed by atoms with van der Waals surface area (Å²) in [5.41, 5.74) is 7.90. The first-order chi connectivity index (χ1) is 9.29. The second-order valence-electron chi connectivity index (χ2n) is 5.40. The number of halogens is 1. The summed E-state index contributed by atoms with van der Waals surface area (Å²) in [4.78, 5) is 23.4. The van der Waals surface area contributed by atoms with Crippen molar-refractivity contribution in [3.8, 4) is 0 Å². The first-order valence-electron chi connectivity index (χ1n) is 6.76. The first-order valence-corrected chi connectivity index (χ1v) is 6.76. The van der Waals surface area contributed by atoms with Gasteiger partial charge in [0.15, 0.2) is 0 Å². The zero-order chi connectivity index (χ0) is 15.3. The largest absolute Gasteiger partial charge is 0.327 e. The van der Waals surface area contributed by atoms with E-state index in [0.29, 0.717) is 11.4 Å². The van der Waals surface area contributed by atoms with Crippen molar-refractivity contribution in [3.63, 3.8) is 0 Å². The lowest BCUT2D eigenvalue weighted by atomic mass is 10.1. The molecular weight excluding hydrogens is 290 g/mol. The van der Waals surface area contributed by atoms with Crippen molar-refractivity contribution in [2.45, 2.75) is 40.2 Å². The number of hydrogen-bond acceptors (Lipinski definition) is 3.